The predicted molar refractivity (Wildman–Crippen MR) is 93.8 cm³/mol. The Morgan fingerprint density at radius 1 is 1.10 bits per heavy atom. The lowest BCUT2D eigenvalue weighted by Crippen LogP contribution is -2.41. The molecule has 3 heteroatoms. The van der Waals surface area contributed by atoms with E-state index in [4.69, 9.17) is 0 Å². The van der Waals surface area contributed by atoms with Gasteiger partial charge >= 0.3 is 0 Å². The highest BCUT2D eigenvalue weighted by Crippen LogP contribution is 2.25. The first-order chi connectivity index (χ1) is 10.1. The molecule has 1 aromatic carbocycles. The SMILES string of the molecule is CC(C)C(CNCc1cc(-c2ccccc2)cs1)N(C)C. The van der Waals surface area contributed by atoms with Crippen molar-refractivity contribution in [3.8, 4) is 11.1 Å². The van der Waals surface area contributed by atoms with Gasteiger partial charge in [0, 0.05) is 24.0 Å². The molecule has 1 atom stereocenters. The minimum Gasteiger partial charge on any atom is -0.310 e. The van der Waals surface area contributed by atoms with Gasteiger partial charge in [0.05, 0.1) is 0 Å². The number of benzene rings is 1. The van der Waals surface area contributed by atoms with Crippen LogP contribution in [-0.4, -0.2) is 31.6 Å². The van der Waals surface area contributed by atoms with Gasteiger partial charge < -0.3 is 10.2 Å². The van der Waals surface area contributed by atoms with Crippen LogP contribution in [0.2, 0.25) is 0 Å². The lowest BCUT2D eigenvalue weighted by molar-refractivity contribution is 0.224. The molecule has 0 spiro atoms. The maximum absolute atomic E-state index is 3.60. The highest BCUT2D eigenvalue weighted by atomic mass is 32.1. The summed E-state index contributed by atoms with van der Waals surface area (Å²) in [5.41, 5.74) is 2.62. The van der Waals surface area contributed by atoms with E-state index in [9.17, 15) is 0 Å². The number of hydrogen-bond acceptors (Lipinski definition) is 3. The molecule has 0 radical (unpaired) electrons. The second kappa shape index (κ2) is 7.74. The van der Waals surface area contributed by atoms with Gasteiger partial charge in [0.15, 0.2) is 0 Å². The number of rotatable bonds is 7. The smallest absolute Gasteiger partial charge is 0.0300 e. The average molecular weight is 302 g/mol. The summed E-state index contributed by atoms with van der Waals surface area (Å²) in [6.45, 7) is 6.55. The second-order valence-electron chi connectivity index (χ2n) is 6.07. The van der Waals surface area contributed by atoms with Gasteiger partial charge in [0.1, 0.15) is 0 Å². The summed E-state index contributed by atoms with van der Waals surface area (Å²) in [4.78, 5) is 3.71. The van der Waals surface area contributed by atoms with E-state index in [1.165, 1.54) is 16.0 Å². The number of likely N-dealkylation sites (N-methyl/N-ethyl adjacent to an activating group) is 1. The molecule has 21 heavy (non-hydrogen) atoms. The Morgan fingerprint density at radius 2 is 1.81 bits per heavy atom. The monoisotopic (exact) mass is 302 g/mol. The Morgan fingerprint density at radius 3 is 2.43 bits per heavy atom. The van der Waals surface area contributed by atoms with Crippen molar-refractivity contribution in [3.63, 3.8) is 0 Å². The van der Waals surface area contributed by atoms with Crippen LogP contribution in [0.4, 0.5) is 0 Å². The van der Waals surface area contributed by atoms with Crippen molar-refractivity contribution < 1.29 is 0 Å². The summed E-state index contributed by atoms with van der Waals surface area (Å²) in [7, 11) is 4.32. The van der Waals surface area contributed by atoms with E-state index < -0.39 is 0 Å². The van der Waals surface area contributed by atoms with E-state index in [1.807, 2.05) is 11.3 Å². The Labute approximate surface area is 132 Å². The van der Waals surface area contributed by atoms with Gasteiger partial charge in [-0.2, -0.15) is 0 Å². The number of nitrogens with zero attached hydrogens (tertiary/aromatic N) is 1. The molecule has 2 aromatic rings. The van der Waals surface area contributed by atoms with Crippen LogP contribution in [0.5, 0.6) is 0 Å². The molecule has 1 aromatic heterocycles. The molecule has 0 aliphatic carbocycles. The topological polar surface area (TPSA) is 15.3 Å². The van der Waals surface area contributed by atoms with Crippen molar-refractivity contribution in [2.75, 3.05) is 20.6 Å². The third-order valence-corrected chi connectivity index (χ3v) is 4.78. The molecule has 1 unspecified atom stereocenters. The highest BCUT2D eigenvalue weighted by Gasteiger charge is 2.15. The summed E-state index contributed by atoms with van der Waals surface area (Å²) in [5.74, 6) is 0.663. The van der Waals surface area contributed by atoms with Crippen LogP contribution in [-0.2, 0) is 6.54 Å². The lowest BCUT2D eigenvalue weighted by atomic mass is 10.0. The largest absolute Gasteiger partial charge is 0.310 e. The molecule has 0 amide bonds. The number of hydrogen-bond donors (Lipinski definition) is 1. The summed E-state index contributed by atoms with van der Waals surface area (Å²) < 4.78 is 0. The molecule has 0 fully saturated rings. The van der Waals surface area contributed by atoms with Crippen LogP contribution in [0.25, 0.3) is 11.1 Å². The van der Waals surface area contributed by atoms with Crippen molar-refractivity contribution in [2.45, 2.75) is 26.4 Å². The van der Waals surface area contributed by atoms with E-state index in [0.717, 1.165) is 13.1 Å². The van der Waals surface area contributed by atoms with Crippen molar-refractivity contribution in [3.05, 3.63) is 46.7 Å². The molecule has 0 aliphatic heterocycles. The van der Waals surface area contributed by atoms with Crippen LogP contribution < -0.4 is 5.32 Å². The highest BCUT2D eigenvalue weighted by molar-refractivity contribution is 7.10. The predicted octanol–water partition coefficient (Wildman–Crippen LogP) is 4.09. The average Bonchev–Trinajstić information content (AvgIpc) is 2.92. The van der Waals surface area contributed by atoms with Gasteiger partial charge in [-0.05, 0) is 42.6 Å². The van der Waals surface area contributed by atoms with E-state index in [2.05, 4.69) is 79.9 Å². The van der Waals surface area contributed by atoms with Gasteiger partial charge in [0.25, 0.3) is 0 Å². The summed E-state index contributed by atoms with van der Waals surface area (Å²) in [6, 6.07) is 13.5. The van der Waals surface area contributed by atoms with Crippen LogP contribution in [0, 0.1) is 5.92 Å². The van der Waals surface area contributed by atoms with Crippen LogP contribution in [0.3, 0.4) is 0 Å². The van der Waals surface area contributed by atoms with E-state index >= 15 is 0 Å². The van der Waals surface area contributed by atoms with Crippen molar-refractivity contribution in [2.24, 2.45) is 5.92 Å². The fraction of sp³-hybridized carbons (Fsp3) is 0.444. The van der Waals surface area contributed by atoms with Crippen molar-refractivity contribution >= 4 is 11.3 Å². The zero-order chi connectivity index (χ0) is 15.2. The van der Waals surface area contributed by atoms with Gasteiger partial charge in [0.2, 0.25) is 0 Å². The fourth-order valence-electron chi connectivity index (χ4n) is 2.61. The minimum absolute atomic E-state index is 0.582. The molecule has 0 bridgehead atoms. The van der Waals surface area contributed by atoms with Gasteiger partial charge in [-0.1, -0.05) is 44.2 Å². The molecule has 1 heterocycles. The number of thiophene rings is 1. The number of nitrogens with one attached hydrogen (secondary N) is 1. The third kappa shape index (κ3) is 4.67. The molecule has 0 aliphatic rings. The van der Waals surface area contributed by atoms with Crippen LogP contribution >= 0.6 is 11.3 Å². The van der Waals surface area contributed by atoms with E-state index in [-0.39, 0.29) is 0 Å². The van der Waals surface area contributed by atoms with Gasteiger partial charge in [-0.3, -0.25) is 0 Å². The quantitative estimate of drug-likeness (QED) is 0.828. The fourth-order valence-corrected chi connectivity index (χ4v) is 3.48. The molecular weight excluding hydrogens is 276 g/mol. The van der Waals surface area contributed by atoms with E-state index in [0.29, 0.717) is 12.0 Å². The van der Waals surface area contributed by atoms with E-state index in [1.54, 1.807) is 0 Å². The first-order valence-electron chi connectivity index (χ1n) is 7.58. The third-order valence-electron chi connectivity index (χ3n) is 3.85. The Kier molecular flexibility index (Phi) is 5.97. The Hall–Kier alpha value is -1.16. The molecular formula is C18H26N2S. The normalized spacial score (nSPS) is 13.0. The summed E-state index contributed by atoms with van der Waals surface area (Å²) >= 11 is 1.84. The minimum atomic E-state index is 0.582. The molecule has 2 rings (SSSR count). The van der Waals surface area contributed by atoms with Gasteiger partial charge in [-0.25, -0.2) is 0 Å². The zero-order valence-corrected chi connectivity index (χ0v) is 14.3. The van der Waals surface area contributed by atoms with Crippen LogP contribution in [0.1, 0.15) is 18.7 Å². The Bertz CT molecular complexity index is 523. The van der Waals surface area contributed by atoms with Crippen molar-refractivity contribution in [1.29, 1.82) is 0 Å². The van der Waals surface area contributed by atoms with Gasteiger partial charge in [-0.15, -0.1) is 11.3 Å². The Balaban J connectivity index is 1.89. The molecule has 1 N–H and O–H groups in total. The maximum Gasteiger partial charge on any atom is 0.0300 e. The molecule has 114 valence electrons. The first-order valence-corrected chi connectivity index (χ1v) is 8.46. The summed E-state index contributed by atoms with van der Waals surface area (Å²) in [5, 5.41) is 5.85. The van der Waals surface area contributed by atoms with Crippen LogP contribution in [0.15, 0.2) is 41.8 Å². The molecule has 0 saturated heterocycles. The zero-order valence-electron chi connectivity index (χ0n) is 13.5. The van der Waals surface area contributed by atoms with Crippen molar-refractivity contribution in [1.82, 2.24) is 10.2 Å². The maximum atomic E-state index is 3.60. The summed E-state index contributed by atoms with van der Waals surface area (Å²) in [6.07, 6.45) is 0. The second-order valence-corrected chi connectivity index (χ2v) is 7.07. The molecule has 2 nitrogen and oxygen atoms in total. The standard InChI is InChI=1S/C18H26N2S/c1-14(2)18(20(3)4)12-19-11-17-10-16(13-21-17)15-8-6-5-7-9-15/h5-10,13-14,18-19H,11-12H2,1-4H3. The lowest BCUT2D eigenvalue weighted by Gasteiger charge is -2.28. The molecule has 0 saturated carbocycles. The first kappa shape index (κ1) is 16.2.